The van der Waals surface area contributed by atoms with Gasteiger partial charge in [0, 0.05) is 29.3 Å². The van der Waals surface area contributed by atoms with E-state index in [0.29, 0.717) is 27.9 Å². The second kappa shape index (κ2) is 7.85. The molecule has 1 heterocycles. The number of likely N-dealkylation sites (N-methyl/N-ethyl adjacent to an activating group) is 1. The molecule has 134 valence electrons. The highest BCUT2D eigenvalue weighted by molar-refractivity contribution is 6.30. The van der Waals surface area contributed by atoms with Gasteiger partial charge in [0.1, 0.15) is 12.4 Å². The van der Waals surface area contributed by atoms with E-state index in [1.807, 2.05) is 0 Å². The number of aliphatic carboxylic acids is 1. The summed E-state index contributed by atoms with van der Waals surface area (Å²) in [6.07, 6.45) is 0. The summed E-state index contributed by atoms with van der Waals surface area (Å²) in [4.78, 5) is 21.7. The number of hydrogen-bond acceptors (Lipinski definition) is 5. The highest BCUT2D eigenvalue weighted by Crippen LogP contribution is 2.26. The summed E-state index contributed by atoms with van der Waals surface area (Å²) in [5.74, 6) is -0.0125. The molecule has 27 heavy (non-hydrogen) atoms. The first kappa shape index (κ1) is 18.4. The molecule has 1 N–H and O–H groups in total. The van der Waals surface area contributed by atoms with Crippen molar-refractivity contribution < 1.29 is 9.90 Å². The average Bonchev–Trinajstić information content (AvgIpc) is 2.67. The van der Waals surface area contributed by atoms with Crippen LogP contribution in [0.3, 0.4) is 0 Å². The Bertz CT molecular complexity index is 1010. The topological polar surface area (TPSA) is 90.1 Å². The number of rotatable bonds is 5. The molecule has 1 aromatic heterocycles. The predicted octanol–water partition coefficient (Wildman–Crippen LogP) is 3.86. The number of carboxylic acid groups (broad SMARTS) is 1. The second-order valence-corrected chi connectivity index (χ2v) is 6.32. The summed E-state index contributed by atoms with van der Waals surface area (Å²) in [6.45, 7) is -0.191. The fourth-order valence-electron chi connectivity index (χ4n) is 2.51. The molecule has 2 aromatic carbocycles. The number of anilines is 1. The third-order valence-corrected chi connectivity index (χ3v) is 4.14. The summed E-state index contributed by atoms with van der Waals surface area (Å²) < 4.78 is 0. The van der Waals surface area contributed by atoms with Gasteiger partial charge < -0.3 is 10.0 Å². The van der Waals surface area contributed by atoms with Gasteiger partial charge in [0.2, 0.25) is 0 Å². The molecule has 0 unspecified atom stereocenters. The minimum absolute atomic E-state index is 0.191. The number of nitrogens with zero attached hydrogens (tertiary/aromatic N) is 4. The van der Waals surface area contributed by atoms with E-state index in [9.17, 15) is 4.79 Å². The minimum atomic E-state index is -0.955. The van der Waals surface area contributed by atoms with E-state index in [1.165, 1.54) is 4.90 Å². The number of nitriles is 1. The van der Waals surface area contributed by atoms with Crippen LogP contribution in [0.4, 0.5) is 5.82 Å². The molecule has 0 fully saturated rings. The number of carboxylic acids is 1. The number of carbonyl (C=O) groups is 1. The number of aromatic nitrogens is 2. The number of hydrogen-bond donors (Lipinski definition) is 1. The van der Waals surface area contributed by atoms with Crippen LogP contribution in [-0.2, 0) is 4.79 Å². The molecule has 0 radical (unpaired) electrons. The van der Waals surface area contributed by atoms with E-state index >= 15 is 0 Å². The van der Waals surface area contributed by atoms with Crippen molar-refractivity contribution in [1.82, 2.24) is 9.97 Å². The van der Waals surface area contributed by atoms with Gasteiger partial charge in [-0.2, -0.15) is 5.26 Å². The van der Waals surface area contributed by atoms with Gasteiger partial charge in [-0.05, 0) is 36.4 Å². The van der Waals surface area contributed by atoms with Crippen LogP contribution in [0.25, 0.3) is 22.6 Å². The van der Waals surface area contributed by atoms with E-state index in [2.05, 4.69) is 16.0 Å². The van der Waals surface area contributed by atoms with Crippen molar-refractivity contribution in [3.63, 3.8) is 0 Å². The highest BCUT2D eigenvalue weighted by atomic mass is 35.5. The van der Waals surface area contributed by atoms with Gasteiger partial charge >= 0.3 is 5.97 Å². The van der Waals surface area contributed by atoms with Crippen LogP contribution in [0.5, 0.6) is 0 Å². The first-order valence-corrected chi connectivity index (χ1v) is 8.42. The largest absolute Gasteiger partial charge is 0.480 e. The molecule has 7 heteroatoms. The van der Waals surface area contributed by atoms with Crippen LogP contribution >= 0.6 is 11.6 Å². The van der Waals surface area contributed by atoms with Crippen molar-refractivity contribution in [2.45, 2.75) is 0 Å². The summed E-state index contributed by atoms with van der Waals surface area (Å²) in [5.41, 5.74) is 2.75. The van der Waals surface area contributed by atoms with Crippen LogP contribution in [0, 0.1) is 11.3 Å². The predicted molar refractivity (Wildman–Crippen MR) is 104 cm³/mol. The molecule has 0 aliphatic carbocycles. The molecule has 0 atom stereocenters. The molecule has 0 bridgehead atoms. The zero-order valence-corrected chi connectivity index (χ0v) is 15.2. The first-order valence-electron chi connectivity index (χ1n) is 8.05. The smallest absolute Gasteiger partial charge is 0.323 e. The Morgan fingerprint density at radius 2 is 1.74 bits per heavy atom. The van der Waals surface area contributed by atoms with Crippen molar-refractivity contribution >= 4 is 23.4 Å². The lowest BCUT2D eigenvalue weighted by molar-refractivity contribution is -0.135. The fraction of sp³-hybridized carbons (Fsp3) is 0.100. The van der Waals surface area contributed by atoms with Crippen LogP contribution in [0.2, 0.25) is 5.02 Å². The van der Waals surface area contributed by atoms with Gasteiger partial charge in [-0.15, -0.1) is 0 Å². The quantitative estimate of drug-likeness (QED) is 0.725. The lowest BCUT2D eigenvalue weighted by Gasteiger charge is -2.17. The normalized spacial score (nSPS) is 10.3. The summed E-state index contributed by atoms with van der Waals surface area (Å²) in [7, 11) is 1.66. The maximum Gasteiger partial charge on any atom is 0.323 e. The Morgan fingerprint density at radius 1 is 1.11 bits per heavy atom. The SMILES string of the molecule is CN(CC(=O)O)c1cc(-c2ccc(C#N)cc2)nc(-c2ccc(Cl)cc2)n1. The molecule has 3 rings (SSSR count). The standard InChI is InChI=1S/C20H15ClN4O2/c1-25(12-19(26)27)18-10-17(14-4-2-13(11-22)3-5-14)23-20(24-18)15-6-8-16(21)9-7-15/h2-10H,12H2,1H3,(H,26,27). The van der Waals surface area contributed by atoms with E-state index in [0.717, 1.165) is 11.1 Å². The molecule has 0 aliphatic rings. The van der Waals surface area contributed by atoms with Crippen molar-refractivity contribution in [2.75, 3.05) is 18.5 Å². The molecule has 6 nitrogen and oxygen atoms in total. The second-order valence-electron chi connectivity index (χ2n) is 5.88. The summed E-state index contributed by atoms with van der Waals surface area (Å²) in [6, 6.07) is 17.9. The Hall–Kier alpha value is -3.43. The maximum atomic E-state index is 11.1. The monoisotopic (exact) mass is 378 g/mol. The molecule has 3 aromatic rings. The van der Waals surface area contributed by atoms with E-state index in [1.54, 1.807) is 61.6 Å². The first-order chi connectivity index (χ1) is 13.0. The molecule has 0 amide bonds. The lowest BCUT2D eigenvalue weighted by Crippen LogP contribution is -2.26. The molecular formula is C20H15ClN4O2. The fourth-order valence-corrected chi connectivity index (χ4v) is 2.63. The number of benzene rings is 2. The van der Waals surface area contributed by atoms with Gasteiger partial charge in [0.25, 0.3) is 0 Å². The third-order valence-electron chi connectivity index (χ3n) is 3.89. The van der Waals surface area contributed by atoms with Crippen molar-refractivity contribution in [1.29, 1.82) is 5.26 Å². The van der Waals surface area contributed by atoms with Crippen molar-refractivity contribution in [2.24, 2.45) is 0 Å². The Kier molecular flexibility index (Phi) is 5.34. The molecule has 0 saturated heterocycles. The summed E-state index contributed by atoms with van der Waals surface area (Å²) in [5, 5.41) is 18.6. The third kappa shape index (κ3) is 4.40. The van der Waals surface area contributed by atoms with Crippen LogP contribution in [0.15, 0.2) is 54.6 Å². The van der Waals surface area contributed by atoms with Gasteiger partial charge in [-0.1, -0.05) is 23.7 Å². The van der Waals surface area contributed by atoms with Gasteiger partial charge in [-0.3, -0.25) is 4.79 Å². The highest BCUT2D eigenvalue weighted by Gasteiger charge is 2.13. The molecule has 0 aliphatic heterocycles. The molecular weight excluding hydrogens is 364 g/mol. The van der Waals surface area contributed by atoms with Crippen LogP contribution in [0.1, 0.15) is 5.56 Å². The van der Waals surface area contributed by atoms with Gasteiger partial charge in [0.05, 0.1) is 17.3 Å². The molecule has 0 saturated carbocycles. The average molecular weight is 379 g/mol. The van der Waals surface area contributed by atoms with Gasteiger partial charge in [-0.25, -0.2) is 9.97 Å². The Balaban J connectivity index is 2.10. The van der Waals surface area contributed by atoms with Gasteiger partial charge in [0.15, 0.2) is 5.82 Å². The zero-order valence-electron chi connectivity index (χ0n) is 14.4. The zero-order chi connectivity index (χ0) is 19.4. The van der Waals surface area contributed by atoms with E-state index < -0.39 is 5.97 Å². The van der Waals surface area contributed by atoms with Crippen LogP contribution < -0.4 is 4.90 Å². The molecule has 0 spiro atoms. The van der Waals surface area contributed by atoms with E-state index in [4.69, 9.17) is 22.0 Å². The Morgan fingerprint density at radius 3 is 2.33 bits per heavy atom. The number of halogens is 1. The van der Waals surface area contributed by atoms with Crippen molar-refractivity contribution in [3.8, 4) is 28.7 Å². The lowest BCUT2D eigenvalue weighted by atomic mass is 10.1. The van der Waals surface area contributed by atoms with Crippen molar-refractivity contribution in [3.05, 3.63) is 65.2 Å². The maximum absolute atomic E-state index is 11.1. The van der Waals surface area contributed by atoms with Crippen LogP contribution in [-0.4, -0.2) is 34.6 Å². The minimum Gasteiger partial charge on any atom is -0.480 e. The summed E-state index contributed by atoms with van der Waals surface area (Å²) >= 11 is 5.95. The Labute approximate surface area is 161 Å². The van der Waals surface area contributed by atoms with E-state index in [-0.39, 0.29) is 6.54 Å².